The van der Waals surface area contributed by atoms with Crippen molar-refractivity contribution in [1.82, 2.24) is 5.32 Å². The second-order valence-corrected chi connectivity index (χ2v) is 6.61. The molecule has 0 saturated heterocycles. The van der Waals surface area contributed by atoms with E-state index < -0.39 is 0 Å². The number of hydrogen-bond acceptors (Lipinski definition) is 2. The normalized spacial score (nSPS) is 17.7. The lowest BCUT2D eigenvalue weighted by molar-refractivity contribution is 0.533. The molecule has 2 aromatic rings. The largest absolute Gasteiger partial charge is 0.305 e. The molecule has 19 heavy (non-hydrogen) atoms. The van der Waals surface area contributed by atoms with Crippen LogP contribution in [0, 0.1) is 19.7 Å². The number of aryl methyl sites for hydroxylation is 3. The molecule has 1 atom stereocenters. The summed E-state index contributed by atoms with van der Waals surface area (Å²) in [5.74, 6) is -0.121. The molecular formula is C16H18FNS. The monoisotopic (exact) mass is 275 g/mol. The van der Waals surface area contributed by atoms with Crippen LogP contribution >= 0.6 is 11.3 Å². The number of halogens is 1. The van der Waals surface area contributed by atoms with Crippen molar-refractivity contribution >= 4 is 11.3 Å². The molecule has 0 saturated carbocycles. The summed E-state index contributed by atoms with van der Waals surface area (Å²) in [7, 11) is 0. The molecule has 1 aliphatic carbocycles. The van der Waals surface area contributed by atoms with Gasteiger partial charge in [0.05, 0.1) is 0 Å². The third-order valence-electron chi connectivity index (χ3n) is 3.92. The zero-order chi connectivity index (χ0) is 13.4. The van der Waals surface area contributed by atoms with E-state index in [1.54, 1.807) is 12.1 Å². The molecule has 0 amide bonds. The molecule has 100 valence electrons. The van der Waals surface area contributed by atoms with Crippen LogP contribution in [0.25, 0.3) is 0 Å². The van der Waals surface area contributed by atoms with Gasteiger partial charge in [-0.1, -0.05) is 6.07 Å². The van der Waals surface area contributed by atoms with Crippen molar-refractivity contribution in [3.05, 3.63) is 56.5 Å². The van der Waals surface area contributed by atoms with E-state index in [0.29, 0.717) is 6.04 Å². The summed E-state index contributed by atoms with van der Waals surface area (Å²) in [4.78, 5) is 2.77. The molecule has 1 aliphatic rings. The number of hydrogen-bond donors (Lipinski definition) is 1. The van der Waals surface area contributed by atoms with E-state index in [1.807, 2.05) is 17.4 Å². The van der Waals surface area contributed by atoms with Crippen LogP contribution < -0.4 is 5.32 Å². The van der Waals surface area contributed by atoms with Crippen molar-refractivity contribution < 1.29 is 4.39 Å². The molecule has 0 spiro atoms. The number of nitrogens with one attached hydrogen (secondary N) is 1. The van der Waals surface area contributed by atoms with Crippen molar-refractivity contribution in [2.45, 2.75) is 39.3 Å². The highest BCUT2D eigenvalue weighted by atomic mass is 32.1. The summed E-state index contributed by atoms with van der Waals surface area (Å²) >= 11 is 1.86. The van der Waals surface area contributed by atoms with Crippen molar-refractivity contribution in [3.8, 4) is 0 Å². The minimum Gasteiger partial charge on any atom is -0.305 e. The number of rotatable bonds is 3. The first-order valence-electron chi connectivity index (χ1n) is 6.71. The lowest BCUT2D eigenvalue weighted by atomic mass is 10.1. The van der Waals surface area contributed by atoms with Crippen molar-refractivity contribution in [1.29, 1.82) is 0 Å². The van der Waals surface area contributed by atoms with Gasteiger partial charge in [-0.25, -0.2) is 4.39 Å². The van der Waals surface area contributed by atoms with Gasteiger partial charge in [-0.15, -0.1) is 11.3 Å². The third kappa shape index (κ3) is 2.58. The second-order valence-electron chi connectivity index (χ2n) is 5.27. The second kappa shape index (κ2) is 5.06. The Balaban J connectivity index is 1.70. The average Bonchev–Trinajstić information content (AvgIpc) is 2.91. The van der Waals surface area contributed by atoms with Crippen LogP contribution in [0.1, 0.15) is 38.9 Å². The molecule has 0 bridgehead atoms. The Morgan fingerprint density at radius 3 is 2.89 bits per heavy atom. The molecule has 1 aromatic carbocycles. The number of thiophene rings is 1. The molecular weight excluding hydrogens is 257 g/mol. The summed E-state index contributed by atoms with van der Waals surface area (Å²) in [6, 6.07) is 7.81. The van der Waals surface area contributed by atoms with Gasteiger partial charge in [0.2, 0.25) is 0 Å². The van der Waals surface area contributed by atoms with Crippen LogP contribution in [0.3, 0.4) is 0 Å². The van der Waals surface area contributed by atoms with E-state index in [-0.39, 0.29) is 5.82 Å². The maximum absolute atomic E-state index is 13.2. The smallest absolute Gasteiger partial charge is 0.123 e. The highest BCUT2D eigenvalue weighted by molar-refractivity contribution is 7.12. The fraction of sp³-hybridized carbons (Fsp3) is 0.375. The lowest BCUT2D eigenvalue weighted by Gasteiger charge is -2.13. The van der Waals surface area contributed by atoms with E-state index in [2.05, 4.69) is 25.2 Å². The van der Waals surface area contributed by atoms with E-state index in [4.69, 9.17) is 0 Å². The van der Waals surface area contributed by atoms with Crippen LogP contribution in [-0.2, 0) is 13.0 Å². The molecule has 3 heteroatoms. The van der Waals surface area contributed by atoms with Gasteiger partial charge >= 0.3 is 0 Å². The van der Waals surface area contributed by atoms with Crippen LogP contribution in [0.15, 0.2) is 24.3 Å². The maximum atomic E-state index is 13.2. The van der Waals surface area contributed by atoms with E-state index >= 15 is 0 Å². The Hall–Kier alpha value is -1.19. The van der Waals surface area contributed by atoms with E-state index in [0.717, 1.165) is 24.9 Å². The predicted octanol–water partition coefficient (Wildman–Crippen LogP) is 4.28. The molecule has 0 radical (unpaired) electrons. The van der Waals surface area contributed by atoms with Gasteiger partial charge in [0.25, 0.3) is 0 Å². The summed E-state index contributed by atoms with van der Waals surface area (Å²) in [6.45, 7) is 5.22. The molecule has 1 nitrogen and oxygen atoms in total. The third-order valence-corrected chi connectivity index (χ3v) is 5.08. The highest BCUT2D eigenvalue weighted by Gasteiger charge is 2.22. The first-order chi connectivity index (χ1) is 9.13. The topological polar surface area (TPSA) is 12.0 Å². The minimum atomic E-state index is -0.121. The molecule has 1 N–H and O–H groups in total. The fourth-order valence-corrected chi connectivity index (χ4v) is 3.76. The zero-order valence-corrected chi connectivity index (χ0v) is 12.1. The molecule has 1 aromatic heterocycles. The Kier molecular flexibility index (Phi) is 3.42. The van der Waals surface area contributed by atoms with Gasteiger partial charge in [-0.05, 0) is 61.6 Å². The van der Waals surface area contributed by atoms with Crippen molar-refractivity contribution in [2.24, 2.45) is 0 Å². The fourth-order valence-electron chi connectivity index (χ4n) is 2.76. The molecule has 0 aliphatic heterocycles. The standard InChI is InChI=1S/C16H18FNS/c1-10-7-14(19-11(10)2)9-18-16-6-3-12-8-13(17)4-5-15(12)16/h4-5,7-8,16,18H,3,6,9H2,1-2H3. The van der Waals surface area contributed by atoms with Gasteiger partial charge < -0.3 is 5.32 Å². The maximum Gasteiger partial charge on any atom is 0.123 e. The van der Waals surface area contributed by atoms with Crippen LogP contribution in [0.2, 0.25) is 0 Å². The zero-order valence-electron chi connectivity index (χ0n) is 11.3. The molecule has 1 unspecified atom stereocenters. The van der Waals surface area contributed by atoms with Gasteiger partial charge in [0.15, 0.2) is 0 Å². The van der Waals surface area contributed by atoms with Crippen molar-refractivity contribution in [3.63, 3.8) is 0 Å². The summed E-state index contributed by atoms with van der Waals surface area (Å²) in [6.07, 6.45) is 2.05. The van der Waals surface area contributed by atoms with E-state index in [1.165, 1.54) is 20.9 Å². The first kappa shape index (κ1) is 12.8. The first-order valence-corrected chi connectivity index (χ1v) is 7.53. The Labute approximate surface area is 117 Å². The van der Waals surface area contributed by atoms with Crippen LogP contribution in [-0.4, -0.2) is 0 Å². The van der Waals surface area contributed by atoms with E-state index in [9.17, 15) is 4.39 Å². The van der Waals surface area contributed by atoms with Crippen molar-refractivity contribution in [2.75, 3.05) is 0 Å². The molecule has 3 rings (SSSR count). The average molecular weight is 275 g/mol. The van der Waals surface area contributed by atoms with Gasteiger partial charge in [-0.2, -0.15) is 0 Å². The van der Waals surface area contributed by atoms with Gasteiger partial charge in [0.1, 0.15) is 5.82 Å². The van der Waals surface area contributed by atoms with Gasteiger partial charge in [0, 0.05) is 22.3 Å². The predicted molar refractivity (Wildman–Crippen MR) is 78.1 cm³/mol. The lowest BCUT2D eigenvalue weighted by Crippen LogP contribution is -2.18. The summed E-state index contributed by atoms with van der Waals surface area (Å²) < 4.78 is 13.2. The van der Waals surface area contributed by atoms with Gasteiger partial charge in [-0.3, -0.25) is 0 Å². The summed E-state index contributed by atoms with van der Waals surface area (Å²) in [5, 5.41) is 3.60. The molecule has 0 fully saturated rings. The quantitative estimate of drug-likeness (QED) is 0.881. The Morgan fingerprint density at radius 2 is 2.16 bits per heavy atom. The van der Waals surface area contributed by atoms with Crippen LogP contribution in [0.5, 0.6) is 0 Å². The Morgan fingerprint density at radius 1 is 1.32 bits per heavy atom. The Bertz CT molecular complexity index is 583. The number of benzene rings is 1. The SMILES string of the molecule is Cc1cc(CNC2CCc3cc(F)ccc32)sc1C. The highest BCUT2D eigenvalue weighted by Crippen LogP contribution is 2.32. The number of fused-ring (bicyclic) bond motifs is 1. The molecule has 1 heterocycles. The minimum absolute atomic E-state index is 0.121. The summed E-state index contributed by atoms with van der Waals surface area (Å²) in [5.41, 5.74) is 3.80. The van der Waals surface area contributed by atoms with Crippen LogP contribution in [0.4, 0.5) is 4.39 Å².